The topological polar surface area (TPSA) is 151 Å². The number of carbonyl (C=O) groups is 5. The summed E-state index contributed by atoms with van der Waals surface area (Å²) in [5.41, 5.74) is 1.79. The van der Waals surface area contributed by atoms with E-state index in [4.69, 9.17) is 16.3 Å². The van der Waals surface area contributed by atoms with Crippen molar-refractivity contribution in [3.8, 4) is 0 Å². The summed E-state index contributed by atoms with van der Waals surface area (Å²) in [4.78, 5) is 67.8. The average molecular weight is 736 g/mol. The van der Waals surface area contributed by atoms with Gasteiger partial charge in [0.25, 0.3) is 0 Å². The van der Waals surface area contributed by atoms with E-state index in [9.17, 15) is 29.1 Å². The first-order valence-electron chi connectivity index (χ1n) is 18.8. The number of Topliss-reactive ketones (excluding diaryl/α,β-unsaturated/α-hetero) is 2. The molecule has 0 radical (unpaired) electrons. The Bertz CT molecular complexity index is 1610. The first-order chi connectivity index (χ1) is 24.8. The molecule has 4 atom stereocenters. The quantitative estimate of drug-likeness (QED) is 0.132. The number of aliphatic hydroxyl groups is 1. The van der Waals surface area contributed by atoms with E-state index in [0.717, 1.165) is 31.2 Å². The molecule has 4 N–H and O–H groups in total. The Hall–Kier alpha value is -4.02. The van der Waals surface area contributed by atoms with Crippen molar-refractivity contribution in [2.75, 3.05) is 6.54 Å². The van der Waals surface area contributed by atoms with Gasteiger partial charge in [-0.2, -0.15) is 0 Å². The molecule has 2 aromatic carbocycles. The van der Waals surface area contributed by atoms with Crippen LogP contribution in [-0.2, 0) is 14.3 Å². The summed E-state index contributed by atoms with van der Waals surface area (Å²) < 4.78 is 5.78. The van der Waals surface area contributed by atoms with Gasteiger partial charge in [0.05, 0.1) is 24.1 Å². The SMILES string of the molecule is CCCCNC(=O)C[C@H](O)[C@H](CC(C)C)NC(=O)[C@@H](NC(=O)OC1=C(C2CCC(c3ccc(Cl)cc3)CC2)C(=O)c2ccccc2C1=O)C(C)CC. The van der Waals surface area contributed by atoms with Crippen LogP contribution in [0.1, 0.15) is 125 Å². The zero-order valence-corrected chi connectivity index (χ0v) is 31.8. The van der Waals surface area contributed by atoms with Crippen LogP contribution in [0.2, 0.25) is 5.02 Å². The fraction of sp³-hybridized carbons (Fsp3) is 0.537. The van der Waals surface area contributed by atoms with Crippen molar-refractivity contribution in [2.24, 2.45) is 17.8 Å². The summed E-state index contributed by atoms with van der Waals surface area (Å²) in [6.07, 6.45) is 3.10. The minimum Gasteiger partial charge on any atom is -0.406 e. The Morgan fingerprint density at radius 3 is 2.10 bits per heavy atom. The molecule has 3 amide bonds. The number of halogens is 1. The van der Waals surface area contributed by atoms with Gasteiger partial charge in [-0.3, -0.25) is 19.2 Å². The number of fused-ring (bicyclic) bond motifs is 1. The predicted octanol–water partition coefficient (Wildman–Crippen LogP) is 7.29. The van der Waals surface area contributed by atoms with Gasteiger partial charge in [0.1, 0.15) is 6.04 Å². The lowest BCUT2D eigenvalue weighted by Gasteiger charge is -2.32. The third kappa shape index (κ3) is 10.5. The van der Waals surface area contributed by atoms with Crippen LogP contribution in [0.4, 0.5) is 4.79 Å². The van der Waals surface area contributed by atoms with Gasteiger partial charge in [-0.05, 0) is 79.9 Å². The second kappa shape index (κ2) is 19.2. The van der Waals surface area contributed by atoms with Crippen molar-refractivity contribution in [1.29, 1.82) is 0 Å². The first kappa shape index (κ1) is 40.7. The van der Waals surface area contributed by atoms with E-state index in [1.54, 1.807) is 31.2 Å². The van der Waals surface area contributed by atoms with Gasteiger partial charge in [0.15, 0.2) is 11.5 Å². The van der Waals surface area contributed by atoms with Crippen LogP contribution < -0.4 is 16.0 Å². The molecule has 1 unspecified atom stereocenters. The predicted molar refractivity (Wildman–Crippen MR) is 201 cm³/mol. The Morgan fingerprint density at radius 1 is 0.885 bits per heavy atom. The molecule has 4 rings (SSSR count). The van der Waals surface area contributed by atoms with Crippen molar-refractivity contribution in [3.63, 3.8) is 0 Å². The number of nitrogens with one attached hydrogen (secondary N) is 3. The van der Waals surface area contributed by atoms with E-state index >= 15 is 0 Å². The highest BCUT2D eigenvalue weighted by Crippen LogP contribution is 2.42. The number of allylic oxidation sites excluding steroid dienone is 2. The molecular formula is C41H54ClN3O7. The van der Waals surface area contributed by atoms with Crippen LogP contribution in [0.15, 0.2) is 59.9 Å². The van der Waals surface area contributed by atoms with Gasteiger partial charge < -0.3 is 25.8 Å². The average Bonchev–Trinajstić information content (AvgIpc) is 3.12. The number of ether oxygens (including phenoxy) is 1. The minimum absolute atomic E-state index is 0.0902. The van der Waals surface area contributed by atoms with Crippen LogP contribution in [0.3, 0.4) is 0 Å². The van der Waals surface area contributed by atoms with E-state index in [1.807, 2.05) is 52.0 Å². The minimum atomic E-state index is -1.15. The van der Waals surface area contributed by atoms with Crippen LogP contribution in [0.5, 0.6) is 0 Å². The third-order valence-electron chi connectivity index (χ3n) is 10.3. The lowest BCUT2D eigenvalue weighted by atomic mass is 9.72. The van der Waals surface area contributed by atoms with Crippen LogP contribution in [0.25, 0.3) is 0 Å². The molecule has 2 aliphatic carbocycles. The molecule has 10 nitrogen and oxygen atoms in total. The van der Waals surface area contributed by atoms with Gasteiger partial charge in [-0.1, -0.05) is 95.5 Å². The standard InChI is InChI=1S/C41H54ClN3O7/c1-6-8-21-43-34(47)23-33(46)32(22-24(3)4)44-40(50)36(25(5)7-2)45-41(51)52-39-35(37(48)30-11-9-10-12-31(30)38(39)49)28-15-13-26(14-16-28)27-17-19-29(42)20-18-27/h9-12,17-20,24-26,28,32-33,36,46H,6-8,13-16,21-23H2,1-5H3,(H,43,47)(H,44,50)(H,45,51)/t25?,26?,28?,32-,33-,36-/m0/s1. The molecule has 1 fully saturated rings. The van der Waals surface area contributed by atoms with E-state index in [0.29, 0.717) is 37.3 Å². The third-order valence-corrected chi connectivity index (χ3v) is 10.6. The Kier molecular flexibility index (Phi) is 15.0. The molecule has 282 valence electrons. The highest BCUT2D eigenvalue weighted by Gasteiger charge is 2.40. The summed E-state index contributed by atoms with van der Waals surface area (Å²) in [6.45, 7) is 10.1. The van der Waals surface area contributed by atoms with Crippen LogP contribution in [-0.4, -0.2) is 59.3 Å². The summed E-state index contributed by atoms with van der Waals surface area (Å²) in [5, 5.41) is 20.0. The molecule has 1 saturated carbocycles. The molecule has 0 spiro atoms. The molecule has 0 saturated heterocycles. The maximum atomic E-state index is 14.0. The highest BCUT2D eigenvalue weighted by atomic mass is 35.5. The smallest absolute Gasteiger partial charge is 0.406 e. The van der Waals surface area contributed by atoms with Crippen LogP contribution in [0, 0.1) is 17.8 Å². The molecule has 0 aliphatic heterocycles. The van der Waals surface area contributed by atoms with E-state index in [1.165, 1.54) is 0 Å². The first-order valence-corrected chi connectivity index (χ1v) is 19.1. The van der Waals surface area contributed by atoms with Gasteiger partial charge in [0, 0.05) is 22.7 Å². The van der Waals surface area contributed by atoms with Crippen molar-refractivity contribution in [3.05, 3.63) is 81.6 Å². The van der Waals surface area contributed by atoms with Gasteiger partial charge in [-0.25, -0.2) is 4.79 Å². The summed E-state index contributed by atoms with van der Waals surface area (Å²) in [5.74, 6) is -2.35. The van der Waals surface area contributed by atoms with E-state index in [-0.39, 0.29) is 64.2 Å². The van der Waals surface area contributed by atoms with Crippen molar-refractivity contribution in [2.45, 2.75) is 117 Å². The summed E-state index contributed by atoms with van der Waals surface area (Å²) in [6, 6.07) is 12.4. The number of carbonyl (C=O) groups excluding carboxylic acids is 5. The normalized spacial score (nSPS) is 19.7. The molecule has 2 aromatic rings. The number of benzene rings is 2. The van der Waals surface area contributed by atoms with Crippen molar-refractivity contribution in [1.82, 2.24) is 16.0 Å². The van der Waals surface area contributed by atoms with E-state index < -0.39 is 36.0 Å². The summed E-state index contributed by atoms with van der Waals surface area (Å²) in [7, 11) is 0. The number of unbranched alkanes of at least 4 members (excludes halogenated alkanes) is 1. The number of hydrogen-bond donors (Lipinski definition) is 4. The van der Waals surface area contributed by atoms with Gasteiger partial charge >= 0.3 is 6.09 Å². The molecular weight excluding hydrogens is 682 g/mol. The fourth-order valence-electron chi connectivity index (χ4n) is 7.15. The number of alkyl carbamates (subject to hydrolysis) is 1. The number of aliphatic hydroxyl groups excluding tert-OH is 1. The van der Waals surface area contributed by atoms with Gasteiger partial charge in [-0.15, -0.1) is 0 Å². The zero-order chi connectivity index (χ0) is 37.9. The zero-order valence-electron chi connectivity index (χ0n) is 31.0. The highest BCUT2D eigenvalue weighted by molar-refractivity contribution is 6.30. The molecule has 11 heteroatoms. The molecule has 2 aliphatic rings. The number of amides is 3. The summed E-state index contributed by atoms with van der Waals surface area (Å²) >= 11 is 6.10. The number of rotatable bonds is 16. The molecule has 52 heavy (non-hydrogen) atoms. The monoisotopic (exact) mass is 735 g/mol. The van der Waals surface area contributed by atoms with Crippen molar-refractivity contribution >= 4 is 41.1 Å². The Morgan fingerprint density at radius 2 is 1.50 bits per heavy atom. The number of hydrogen-bond acceptors (Lipinski definition) is 7. The Labute approximate surface area is 312 Å². The maximum Gasteiger partial charge on any atom is 0.413 e. The Balaban J connectivity index is 1.54. The van der Waals surface area contributed by atoms with E-state index in [2.05, 4.69) is 16.0 Å². The largest absolute Gasteiger partial charge is 0.413 e. The molecule has 0 aromatic heterocycles. The van der Waals surface area contributed by atoms with Crippen LogP contribution >= 0.6 is 11.6 Å². The lowest BCUT2D eigenvalue weighted by Crippen LogP contribution is -2.55. The van der Waals surface area contributed by atoms with Crippen molar-refractivity contribution < 1.29 is 33.8 Å². The molecule has 0 heterocycles. The lowest BCUT2D eigenvalue weighted by molar-refractivity contribution is -0.128. The second-order valence-electron chi connectivity index (χ2n) is 14.7. The fourth-order valence-corrected chi connectivity index (χ4v) is 7.27. The maximum absolute atomic E-state index is 14.0. The number of ketones is 2. The second-order valence-corrected chi connectivity index (χ2v) is 15.1. The molecule has 0 bridgehead atoms. The van der Waals surface area contributed by atoms with Gasteiger partial charge in [0.2, 0.25) is 17.6 Å².